The third-order valence-corrected chi connectivity index (χ3v) is 6.64. The summed E-state index contributed by atoms with van der Waals surface area (Å²) in [5.74, 6) is -0.216. The van der Waals surface area contributed by atoms with Crippen LogP contribution in [0.2, 0.25) is 5.02 Å². The molecule has 1 amide bonds. The molecule has 0 aromatic heterocycles. The fraction of sp³-hybridized carbons (Fsp3) is 0.316. The highest BCUT2D eigenvalue weighted by Gasteiger charge is 2.27. The Bertz CT molecular complexity index is 962. The molecule has 28 heavy (non-hydrogen) atoms. The topological polar surface area (TPSA) is 60.9 Å². The van der Waals surface area contributed by atoms with Crippen LogP contribution in [0.25, 0.3) is 0 Å². The standard InChI is InChI=1S/C19H21BrClN3O3S/c1-28(26,27)24(18-8-3-2-7-17(18)20)14-19(25)23-11-9-22(10-12-23)16-6-4-5-15(21)13-16/h2-8,13H,9-12,14H2,1H3. The van der Waals surface area contributed by atoms with E-state index in [1.54, 1.807) is 29.2 Å². The molecule has 0 spiro atoms. The summed E-state index contributed by atoms with van der Waals surface area (Å²) in [4.78, 5) is 16.7. The number of nitrogens with zero attached hydrogens (tertiary/aromatic N) is 3. The van der Waals surface area contributed by atoms with Crippen LogP contribution in [0.4, 0.5) is 11.4 Å². The van der Waals surface area contributed by atoms with Crippen molar-refractivity contribution in [3.8, 4) is 0 Å². The molecule has 150 valence electrons. The van der Waals surface area contributed by atoms with Crippen molar-refractivity contribution in [2.75, 3.05) is 48.2 Å². The van der Waals surface area contributed by atoms with Crippen LogP contribution in [-0.2, 0) is 14.8 Å². The van der Waals surface area contributed by atoms with Crippen LogP contribution < -0.4 is 9.21 Å². The van der Waals surface area contributed by atoms with Gasteiger partial charge in [0.15, 0.2) is 0 Å². The fourth-order valence-corrected chi connectivity index (χ4v) is 4.81. The zero-order valence-electron chi connectivity index (χ0n) is 15.4. The van der Waals surface area contributed by atoms with Gasteiger partial charge < -0.3 is 9.80 Å². The number of carbonyl (C=O) groups is 1. The van der Waals surface area contributed by atoms with Crippen molar-refractivity contribution in [3.63, 3.8) is 0 Å². The second kappa shape index (κ2) is 8.71. The Hall–Kier alpha value is -1.77. The average molecular weight is 487 g/mol. The van der Waals surface area contributed by atoms with E-state index in [0.717, 1.165) is 16.2 Å². The molecule has 0 aliphatic carbocycles. The van der Waals surface area contributed by atoms with Crippen molar-refractivity contribution in [2.24, 2.45) is 0 Å². The highest BCUT2D eigenvalue weighted by molar-refractivity contribution is 9.10. The lowest BCUT2D eigenvalue weighted by Crippen LogP contribution is -2.52. The summed E-state index contributed by atoms with van der Waals surface area (Å²) >= 11 is 9.42. The van der Waals surface area contributed by atoms with Crippen LogP contribution in [0.1, 0.15) is 0 Å². The van der Waals surface area contributed by atoms with Crippen molar-refractivity contribution in [3.05, 3.63) is 58.0 Å². The van der Waals surface area contributed by atoms with Gasteiger partial charge in [0, 0.05) is 41.4 Å². The second-order valence-electron chi connectivity index (χ2n) is 6.57. The number of carbonyl (C=O) groups excluding carboxylic acids is 1. The zero-order valence-corrected chi connectivity index (χ0v) is 18.5. The minimum atomic E-state index is -3.60. The summed E-state index contributed by atoms with van der Waals surface area (Å²) in [6, 6.07) is 14.6. The summed E-state index contributed by atoms with van der Waals surface area (Å²) < 4.78 is 26.3. The van der Waals surface area contributed by atoms with Crippen LogP contribution in [0.15, 0.2) is 53.0 Å². The molecular formula is C19H21BrClN3O3S. The minimum absolute atomic E-state index is 0.216. The van der Waals surface area contributed by atoms with Gasteiger partial charge in [0.2, 0.25) is 15.9 Å². The molecule has 1 aliphatic rings. The van der Waals surface area contributed by atoms with Gasteiger partial charge in [-0.3, -0.25) is 9.10 Å². The lowest BCUT2D eigenvalue weighted by molar-refractivity contribution is -0.129. The molecule has 1 aliphatic heterocycles. The maximum absolute atomic E-state index is 12.8. The predicted octanol–water partition coefficient (Wildman–Crippen LogP) is 3.22. The first-order valence-corrected chi connectivity index (χ1v) is 11.8. The van der Waals surface area contributed by atoms with Gasteiger partial charge >= 0.3 is 0 Å². The van der Waals surface area contributed by atoms with Crippen molar-refractivity contribution >= 4 is 54.8 Å². The number of anilines is 2. The van der Waals surface area contributed by atoms with E-state index >= 15 is 0 Å². The summed E-state index contributed by atoms with van der Waals surface area (Å²) in [5, 5.41) is 0.674. The molecule has 1 fully saturated rings. The van der Waals surface area contributed by atoms with E-state index in [1.807, 2.05) is 24.3 Å². The first-order valence-electron chi connectivity index (χ1n) is 8.76. The average Bonchev–Trinajstić information content (AvgIpc) is 2.66. The third-order valence-electron chi connectivity index (χ3n) is 4.61. The Morgan fingerprint density at radius 1 is 1.11 bits per heavy atom. The first-order chi connectivity index (χ1) is 13.3. The van der Waals surface area contributed by atoms with Crippen LogP contribution in [-0.4, -0.2) is 58.2 Å². The van der Waals surface area contributed by atoms with Gasteiger partial charge in [-0.2, -0.15) is 0 Å². The Labute approximate surface area is 178 Å². The van der Waals surface area contributed by atoms with Crippen molar-refractivity contribution in [1.82, 2.24) is 4.90 Å². The Balaban J connectivity index is 1.68. The fourth-order valence-electron chi connectivity index (χ4n) is 3.14. The van der Waals surface area contributed by atoms with E-state index in [0.29, 0.717) is 41.4 Å². The van der Waals surface area contributed by atoms with Gasteiger partial charge in [0.1, 0.15) is 6.54 Å². The SMILES string of the molecule is CS(=O)(=O)N(CC(=O)N1CCN(c2cccc(Cl)c2)CC1)c1ccccc1Br. The number of piperazine rings is 1. The molecule has 6 nitrogen and oxygen atoms in total. The summed E-state index contributed by atoms with van der Waals surface area (Å²) in [7, 11) is -3.60. The predicted molar refractivity (Wildman–Crippen MR) is 117 cm³/mol. The van der Waals surface area contributed by atoms with E-state index in [-0.39, 0.29) is 12.5 Å². The van der Waals surface area contributed by atoms with E-state index < -0.39 is 10.0 Å². The summed E-state index contributed by atoms with van der Waals surface area (Å²) in [6.45, 7) is 2.16. The second-order valence-corrected chi connectivity index (χ2v) is 9.77. The number of para-hydroxylation sites is 1. The lowest BCUT2D eigenvalue weighted by atomic mass is 10.2. The first kappa shape index (κ1) is 21.0. The van der Waals surface area contributed by atoms with Crippen molar-refractivity contribution < 1.29 is 13.2 Å². The van der Waals surface area contributed by atoms with Gasteiger partial charge in [-0.1, -0.05) is 29.8 Å². The van der Waals surface area contributed by atoms with Gasteiger partial charge in [-0.05, 0) is 46.3 Å². The molecule has 0 atom stereocenters. The quantitative estimate of drug-likeness (QED) is 0.651. The largest absolute Gasteiger partial charge is 0.368 e. The molecule has 9 heteroatoms. The van der Waals surface area contributed by atoms with Gasteiger partial charge in [0.25, 0.3) is 0 Å². The van der Waals surface area contributed by atoms with E-state index in [1.165, 1.54) is 0 Å². The molecule has 0 bridgehead atoms. The zero-order chi connectivity index (χ0) is 20.3. The molecule has 2 aromatic rings. The van der Waals surface area contributed by atoms with Crippen LogP contribution >= 0.6 is 27.5 Å². The Morgan fingerprint density at radius 3 is 2.39 bits per heavy atom. The lowest BCUT2D eigenvalue weighted by Gasteiger charge is -2.37. The number of amides is 1. The molecule has 0 saturated carbocycles. The number of hydrogen-bond donors (Lipinski definition) is 0. The van der Waals surface area contributed by atoms with Crippen molar-refractivity contribution in [2.45, 2.75) is 0 Å². The van der Waals surface area contributed by atoms with Crippen LogP contribution in [0, 0.1) is 0 Å². The highest BCUT2D eigenvalue weighted by atomic mass is 79.9. The van der Waals surface area contributed by atoms with E-state index in [2.05, 4.69) is 20.8 Å². The minimum Gasteiger partial charge on any atom is -0.368 e. The molecule has 0 N–H and O–H groups in total. The van der Waals surface area contributed by atoms with E-state index in [4.69, 9.17) is 11.6 Å². The van der Waals surface area contributed by atoms with E-state index in [9.17, 15) is 13.2 Å². The molecule has 0 radical (unpaired) electrons. The van der Waals surface area contributed by atoms with Crippen LogP contribution in [0.3, 0.4) is 0 Å². The van der Waals surface area contributed by atoms with Gasteiger partial charge in [0.05, 0.1) is 11.9 Å². The smallest absolute Gasteiger partial charge is 0.243 e. The molecule has 2 aromatic carbocycles. The maximum atomic E-state index is 12.8. The molecule has 0 unspecified atom stereocenters. The van der Waals surface area contributed by atoms with Gasteiger partial charge in [-0.15, -0.1) is 0 Å². The number of hydrogen-bond acceptors (Lipinski definition) is 4. The Kier molecular flexibility index (Phi) is 6.52. The third kappa shape index (κ3) is 4.98. The number of sulfonamides is 1. The number of benzene rings is 2. The normalized spacial score (nSPS) is 14.8. The Morgan fingerprint density at radius 2 is 1.79 bits per heavy atom. The molecular weight excluding hydrogens is 466 g/mol. The number of halogens is 2. The maximum Gasteiger partial charge on any atom is 0.243 e. The molecule has 1 heterocycles. The van der Waals surface area contributed by atoms with Crippen molar-refractivity contribution in [1.29, 1.82) is 0 Å². The molecule has 3 rings (SSSR count). The van der Waals surface area contributed by atoms with Crippen LogP contribution in [0.5, 0.6) is 0 Å². The summed E-state index contributed by atoms with van der Waals surface area (Å²) in [6.07, 6.45) is 1.11. The van der Waals surface area contributed by atoms with Gasteiger partial charge in [-0.25, -0.2) is 8.42 Å². The summed E-state index contributed by atoms with van der Waals surface area (Å²) in [5.41, 5.74) is 1.47. The number of rotatable bonds is 5. The highest BCUT2D eigenvalue weighted by Crippen LogP contribution is 2.28. The molecule has 1 saturated heterocycles. The monoisotopic (exact) mass is 485 g/mol.